The molecule has 0 spiro atoms. The van der Waals surface area contributed by atoms with Crippen LogP contribution in [0.4, 0.5) is 0 Å². The van der Waals surface area contributed by atoms with Crippen molar-refractivity contribution in [3.8, 4) is 0 Å². The Bertz CT molecular complexity index is 325. The van der Waals surface area contributed by atoms with Crippen molar-refractivity contribution >= 4 is 0 Å². The summed E-state index contributed by atoms with van der Waals surface area (Å²) in [6.45, 7) is 1.20. The fourth-order valence-corrected chi connectivity index (χ4v) is 3.31. The highest BCUT2D eigenvalue weighted by Crippen LogP contribution is 2.38. The highest BCUT2D eigenvalue weighted by Gasteiger charge is 2.24. The zero-order chi connectivity index (χ0) is 12.8. The van der Waals surface area contributed by atoms with E-state index in [4.69, 9.17) is 0 Å². The van der Waals surface area contributed by atoms with Gasteiger partial charge in [0.05, 0.1) is 0 Å². The first-order valence-electron chi connectivity index (χ1n) is 7.47. The molecule has 0 radical (unpaired) electrons. The van der Waals surface area contributed by atoms with Gasteiger partial charge < -0.3 is 4.90 Å². The van der Waals surface area contributed by atoms with Crippen LogP contribution in [0.2, 0.25) is 0 Å². The van der Waals surface area contributed by atoms with Crippen LogP contribution >= 0.6 is 0 Å². The number of nitrogens with zero attached hydrogens (tertiary/aromatic N) is 1. The quantitative estimate of drug-likeness (QED) is 0.747. The average Bonchev–Trinajstić information content (AvgIpc) is 2.41. The number of hydrogen-bond acceptors (Lipinski definition) is 1. The van der Waals surface area contributed by atoms with E-state index in [1.54, 1.807) is 5.56 Å². The molecule has 2 rings (SSSR count). The second-order valence-corrected chi connectivity index (χ2v) is 6.01. The minimum absolute atomic E-state index is 0.772. The molecular weight excluding hydrogens is 218 g/mol. The summed E-state index contributed by atoms with van der Waals surface area (Å²) in [4.78, 5) is 2.32. The molecule has 0 aliphatic heterocycles. The van der Waals surface area contributed by atoms with Crippen molar-refractivity contribution < 1.29 is 0 Å². The van der Waals surface area contributed by atoms with Gasteiger partial charge in [-0.25, -0.2) is 0 Å². The Morgan fingerprint density at radius 2 is 1.72 bits per heavy atom. The summed E-state index contributed by atoms with van der Waals surface area (Å²) in [7, 11) is 4.37. The van der Waals surface area contributed by atoms with E-state index in [1.807, 2.05) is 0 Å². The fourth-order valence-electron chi connectivity index (χ4n) is 3.31. The highest BCUT2D eigenvalue weighted by atomic mass is 15.0. The smallest absolute Gasteiger partial charge is 0.00189 e. The molecule has 0 aromatic heterocycles. The van der Waals surface area contributed by atoms with Crippen LogP contribution in [-0.2, 0) is 0 Å². The Labute approximate surface area is 112 Å². The highest BCUT2D eigenvalue weighted by molar-refractivity contribution is 5.20. The van der Waals surface area contributed by atoms with Crippen molar-refractivity contribution in [2.75, 3.05) is 20.6 Å². The molecule has 1 aliphatic carbocycles. The van der Waals surface area contributed by atoms with Gasteiger partial charge in [-0.1, -0.05) is 49.6 Å². The topological polar surface area (TPSA) is 3.24 Å². The molecule has 0 unspecified atom stereocenters. The molecule has 0 bridgehead atoms. The van der Waals surface area contributed by atoms with Crippen LogP contribution in [0.25, 0.3) is 0 Å². The molecule has 0 saturated heterocycles. The van der Waals surface area contributed by atoms with Crippen molar-refractivity contribution in [2.45, 2.75) is 44.4 Å². The lowest BCUT2D eigenvalue weighted by atomic mass is 9.75. The van der Waals surface area contributed by atoms with Crippen molar-refractivity contribution in [2.24, 2.45) is 5.92 Å². The Balaban J connectivity index is 2.06. The van der Waals surface area contributed by atoms with E-state index in [1.165, 1.54) is 45.1 Å². The summed E-state index contributed by atoms with van der Waals surface area (Å²) in [5.41, 5.74) is 1.56. The van der Waals surface area contributed by atoms with Crippen LogP contribution in [0.5, 0.6) is 0 Å². The predicted octanol–water partition coefficient (Wildman–Crippen LogP) is 4.30. The van der Waals surface area contributed by atoms with E-state index >= 15 is 0 Å². The Morgan fingerprint density at radius 1 is 1.06 bits per heavy atom. The Kier molecular flexibility index (Phi) is 5.25. The van der Waals surface area contributed by atoms with E-state index in [2.05, 4.69) is 49.3 Å². The molecule has 1 aromatic rings. The van der Waals surface area contributed by atoms with Crippen LogP contribution in [0.3, 0.4) is 0 Å². The van der Waals surface area contributed by atoms with Gasteiger partial charge in [0, 0.05) is 0 Å². The molecule has 1 aliphatic rings. The van der Waals surface area contributed by atoms with Crippen LogP contribution in [-0.4, -0.2) is 25.5 Å². The van der Waals surface area contributed by atoms with Crippen LogP contribution in [0, 0.1) is 5.92 Å². The lowest BCUT2D eigenvalue weighted by Gasteiger charge is -2.31. The van der Waals surface area contributed by atoms with Gasteiger partial charge in [-0.3, -0.25) is 0 Å². The second-order valence-electron chi connectivity index (χ2n) is 6.01. The number of hydrogen-bond donors (Lipinski definition) is 0. The van der Waals surface area contributed by atoms with Gasteiger partial charge in [0.1, 0.15) is 0 Å². The van der Waals surface area contributed by atoms with Gasteiger partial charge in [0.25, 0.3) is 0 Å². The van der Waals surface area contributed by atoms with E-state index in [9.17, 15) is 0 Å². The summed E-state index contributed by atoms with van der Waals surface area (Å²) in [5, 5.41) is 0. The summed E-state index contributed by atoms with van der Waals surface area (Å²) in [6.07, 6.45) is 8.51. The van der Waals surface area contributed by atoms with E-state index in [0.29, 0.717) is 0 Å². The molecule has 100 valence electrons. The van der Waals surface area contributed by atoms with Crippen molar-refractivity contribution in [1.29, 1.82) is 0 Å². The maximum absolute atomic E-state index is 2.33. The zero-order valence-electron chi connectivity index (χ0n) is 11.9. The van der Waals surface area contributed by atoms with Gasteiger partial charge in [-0.05, 0) is 57.3 Å². The van der Waals surface area contributed by atoms with Gasteiger partial charge >= 0.3 is 0 Å². The molecule has 18 heavy (non-hydrogen) atoms. The van der Waals surface area contributed by atoms with Crippen molar-refractivity contribution in [3.63, 3.8) is 0 Å². The van der Waals surface area contributed by atoms with Crippen LogP contribution < -0.4 is 0 Å². The van der Waals surface area contributed by atoms with Crippen molar-refractivity contribution in [3.05, 3.63) is 35.9 Å². The lowest BCUT2D eigenvalue weighted by molar-refractivity contribution is 0.271. The third-order valence-electron chi connectivity index (χ3n) is 4.33. The normalized spacial score (nSPS) is 19.1. The fraction of sp³-hybridized carbons (Fsp3) is 0.647. The van der Waals surface area contributed by atoms with Crippen LogP contribution in [0.15, 0.2) is 30.3 Å². The van der Waals surface area contributed by atoms with E-state index in [0.717, 1.165) is 11.8 Å². The first kappa shape index (κ1) is 13.6. The van der Waals surface area contributed by atoms with E-state index < -0.39 is 0 Å². The Hall–Kier alpha value is -0.820. The van der Waals surface area contributed by atoms with Gasteiger partial charge in [-0.15, -0.1) is 0 Å². The molecule has 1 saturated carbocycles. The first-order chi connectivity index (χ1) is 8.77. The van der Waals surface area contributed by atoms with Crippen molar-refractivity contribution in [1.82, 2.24) is 4.90 Å². The SMILES string of the molecule is CN(C)CC[C@@H](c1ccccc1)C1CCCCC1. The molecule has 0 N–H and O–H groups in total. The molecule has 0 heterocycles. The molecule has 1 fully saturated rings. The standard InChI is InChI=1S/C17H27N/c1-18(2)14-13-17(15-9-5-3-6-10-15)16-11-7-4-8-12-16/h3,5-6,9-10,16-17H,4,7-8,11-14H2,1-2H3/t17-/m0/s1. The largest absolute Gasteiger partial charge is 0.309 e. The number of benzene rings is 1. The average molecular weight is 245 g/mol. The molecular formula is C17H27N. The Morgan fingerprint density at radius 3 is 2.33 bits per heavy atom. The van der Waals surface area contributed by atoms with Gasteiger partial charge in [0.15, 0.2) is 0 Å². The maximum atomic E-state index is 2.33. The summed E-state index contributed by atoms with van der Waals surface area (Å²) in [5.74, 6) is 1.69. The third kappa shape index (κ3) is 3.84. The molecule has 1 atom stereocenters. The minimum atomic E-state index is 0.772. The molecule has 1 aromatic carbocycles. The number of rotatable bonds is 5. The molecule has 1 nitrogen and oxygen atoms in total. The maximum Gasteiger partial charge on any atom is -0.00189 e. The van der Waals surface area contributed by atoms with Gasteiger partial charge in [-0.2, -0.15) is 0 Å². The zero-order valence-corrected chi connectivity index (χ0v) is 11.9. The van der Waals surface area contributed by atoms with Crippen LogP contribution in [0.1, 0.15) is 50.0 Å². The summed E-state index contributed by atoms with van der Waals surface area (Å²) >= 11 is 0. The van der Waals surface area contributed by atoms with E-state index in [-0.39, 0.29) is 0 Å². The lowest BCUT2D eigenvalue weighted by Crippen LogP contribution is -2.22. The third-order valence-corrected chi connectivity index (χ3v) is 4.33. The minimum Gasteiger partial charge on any atom is -0.309 e. The van der Waals surface area contributed by atoms with Gasteiger partial charge in [0.2, 0.25) is 0 Å². The monoisotopic (exact) mass is 245 g/mol. The second kappa shape index (κ2) is 6.94. The molecule has 0 amide bonds. The molecule has 1 heteroatoms. The summed E-state index contributed by atoms with van der Waals surface area (Å²) < 4.78 is 0. The predicted molar refractivity (Wildman–Crippen MR) is 78.9 cm³/mol. The summed E-state index contributed by atoms with van der Waals surface area (Å²) in [6, 6.07) is 11.2. The first-order valence-corrected chi connectivity index (χ1v) is 7.47.